The summed E-state index contributed by atoms with van der Waals surface area (Å²) in [6.45, 7) is 6.64. The van der Waals surface area contributed by atoms with E-state index in [1.807, 2.05) is 30.9 Å². The van der Waals surface area contributed by atoms with E-state index in [0.29, 0.717) is 15.9 Å². The second-order valence-electron chi connectivity index (χ2n) is 8.01. The molecule has 1 aliphatic heterocycles. The highest BCUT2D eigenvalue weighted by Crippen LogP contribution is 2.22. The molecule has 1 amide bonds. The summed E-state index contributed by atoms with van der Waals surface area (Å²) in [4.78, 5) is 41.8. The maximum absolute atomic E-state index is 13.5. The van der Waals surface area contributed by atoms with E-state index < -0.39 is 5.69 Å². The fraction of sp³-hybridized carbons (Fsp3) is 0.435. The van der Waals surface area contributed by atoms with Gasteiger partial charge in [0.2, 0.25) is 5.91 Å². The molecule has 1 fully saturated rings. The van der Waals surface area contributed by atoms with Crippen molar-refractivity contribution in [3.05, 3.63) is 61.6 Å². The average Bonchev–Trinajstić information content (AvgIpc) is 3.24. The highest BCUT2D eigenvalue weighted by Gasteiger charge is 2.27. The van der Waals surface area contributed by atoms with Crippen LogP contribution in [0, 0.1) is 13.8 Å². The van der Waals surface area contributed by atoms with E-state index in [1.165, 1.54) is 20.5 Å². The van der Waals surface area contributed by atoms with Gasteiger partial charge in [0.25, 0.3) is 5.56 Å². The summed E-state index contributed by atoms with van der Waals surface area (Å²) < 4.78 is 3.19. The molecule has 158 valence electrons. The number of carbonyl (C=O) groups is 1. The lowest BCUT2D eigenvalue weighted by molar-refractivity contribution is -0.135. The molecular formula is C23H27N3O3S. The molecule has 4 rings (SSSR count). The average molecular weight is 426 g/mol. The van der Waals surface area contributed by atoms with Gasteiger partial charge in [-0.15, -0.1) is 11.3 Å². The van der Waals surface area contributed by atoms with E-state index in [9.17, 15) is 14.4 Å². The van der Waals surface area contributed by atoms with Crippen LogP contribution in [-0.4, -0.2) is 32.5 Å². The summed E-state index contributed by atoms with van der Waals surface area (Å²) in [6, 6.07) is 7.57. The normalized spacial score (nSPS) is 16.9. The van der Waals surface area contributed by atoms with Crippen molar-refractivity contribution in [1.82, 2.24) is 14.0 Å². The maximum atomic E-state index is 13.5. The molecule has 0 saturated carbocycles. The first kappa shape index (κ1) is 20.6. The summed E-state index contributed by atoms with van der Waals surface area (Å²) in [5, 5.41) is 1.80. The van der Waals surface area contributed by atoms with Gasteiger partial charge in [0.15, 0.2) is 0 Å². The zero-order valence-corrected chi connectivity index (χ0v) is 18.5. The van der Waals surface area contributed by atoms with Crippen molar-refractivity contribution in [1.29, 1.82) is 0 Å². The van der Waals surface area contributed by atoms with Gasteiger partial charge in [0.05, 0.1) is 11.2 Å². The molecule has 0 spiro atoms. The summed E-state index contributed by atoms with van der Waals surface area (Å²) >= 11 is 1.31. The third kappa shape index (κ3) is 3.41. The molecule has 3 aromatic rings. The first-order valence-corrected chi connectivity index (χ1v) is 11.4. The Morgan fingerprint density at radius 1 is 1.17 bits per heavy atom. The molecule has 1 saturated heterocycles. The summed E-state index contributed by atoms with van der Waals surface area (Å²) in [6.07, 6.45) is 4.05. The minimum Gasteiger partial charge on any atom is -0.338 e. The lowest BCUT2D eigenvalue weighted by Gasteiger charge is -2.35. The van der Waals surface area contributed by atoms with Gasteiger partial charge in [0, 0.05) is 12.6 Å². The van der Waals surface area contributed by atoms with Crippen LogP contribution in [-0.2, 0) is 11.3 Å². The summed E-state index contributed by atoms with van der Waals surface area (Å²) in [5.41, 5.74) is 2.21. The van der Waals surface area contributed by atoms with Crippen LogP contribution < -0.4 is 11.2 Å². The molecule has 1 aliphatic rings. The number of aromatic nitrogens is 2. The van der Waals surface area contributed by atoms with Crippen molar-refractivity contribution < 1.29 is 4.79 Å². The molecule has 0 N–H and O–H groups in total. The quantitative estimate of drug-likeness (QED) is 0.641. The highest BCUT2D eigenvalue weighted by atomic mass is 32.1. The predicted octanol–water partition coefficient (Wildman–Crippen LogP) is 3.62. The van der Waals surface area contributed by atoms with Gasteiger partial charge in [-0.1, -0.05) is 19.1 Å². The predicted molar refractivity (Wildman–Crippen MR) is 121 cm³/mol. The number of benzene rings is 1. The monoisotopic (exact) mass is 425 g/mol. The molecule has 1 unspecified atom stereocenters. The van der Waals surface area contributed by atoms with Crippen LogP contribution in [0.25, 0.3) is 15.9 Å². The Balaban J connectivity index is 1.86. The van der Waals surface area contributed by atoms with Crippen molar-refractivity contribution in [2.45, 2.75) is 59.0 Å². The third-order valence-corrected chi connectivity index (χ3v) is 7.18. The minimum absolute atomic E-state index is 0.0479. The lowest BCUT2D eigenvalue weighted by atomic mass is 10.00. The summed E-state index contributed by atoms with van der Waals surface area (Å²) in [7, 11) is 0. The van der Waals surface area contributed by atoms with Crippen molar-refractivity contribution in [2.24, 2.45) is 0 Å². The lowest BCUT2D eigenvalue weighted by Crippen LogP contribution is -2.47. The zero-order chi connectivity index (χ0) is 21.4. The third-order valence-electron chi connectivity index (χ3n) is 6.28. The van der Waals surface area contributed by atoms with Gasteiger partial charge in [-0.2, -0.15) is 0 Å². The van der Waals surface area contributed by atoms with Crippen molar-refractivity contribution in [3.8, 4) is 5.69 Å². The fourth-order valence-electron chi connectivity index (χ4n) is 4.41. The fourth-order valence-corrected chi connectivity index (χ4v) is 5.23. The molecule has 1 atom stereocenters. The van der Waals surface area contributed by atoms with Crippen molar-refractivity contribution in [3.63, 3.8) is 0 Å². The maximum Gasteiger partial charge on any atom is 0.336 e. The Kier molecular flexibility index (Phi) is 5.64. The molecule has 2 aromatic heterocycles. The number of amides is 1. The van der Waals surface area contributed by atoms with E-state index in [0.717, 1.165) is 43.4 Å². The van der Waals surface area contributed by atoms with E-state index in [-0.39, 0.29) is 24.1 Å². The topological polar surface area (TPSA) is 64.3 Å². The molecular weight excluding hydrogens is 398 g/mol. The Hall–Kier alpha value is -2.67. The Morgan fingerprint density at radius 3 is 2.73 bits per heavy atom. The number of hydrogen-bond donors (Lipinski definition) is 0. The molecule has 0 aliphatic carbocycles. The van der Waals surface area contributed by atoms with Gasteiger partial charge in [-0.05, 0) is 68.2 Å². The van der Waals surface area contributed by atoms with E-state index in [1.54, 1.807) is 17.5 Å². The molecule has 30 heavy (non-hydrogen) atoms. The number of aryl methyl sites for hydroxylation is 1. The van der Waals surface area contributed by atoms with Gasteiger partial charge < -0.3 is 4.90 Å². The number of hydrogen-bond acceptors (Lipinski definition) is 4. The number of nitrogens with zero attached hydrogens (tertiary/aromatic N) is 3. The van der Waals surface area contributed by atoms with Crippen LogP contribution >= 0.6 is 11.3 Å². The van der Waals surface area contributed by atoms with E-state index in [4.69, 9.17) is 0 Å². The first-order chi connectivity index (χ1) is 14.4. The van der Waals surface area contributed by atoms with Crippen LogP contribution in [0.5, 0.6) is 0 Å². The number of likely N-dealkylation sites (tertiary alicyclic amines) is 1. The molecule has 0 bridgehead atoms. The smallest absolute Gasteiger partial charge is 0.336 e. The second-order valence-corrected chi connectivity index (χ2v) is 8.92. The summed E-state index contributed by atoms with van der Waals surface area (Å²) in [5.74, 6) is -0.0534. The first-order valence-electron chi connectivity index (χ1n) is 10.5. The second kappa shape index (κ2) is 8.22. The minimum atomic E-state index is -0.460. The molecule has 0 radical (unpaired) electrons. The van der Waals surface area contributed by atoms with Crippen LogP contribution in [0.4, 0.5) is 0 Å². The number of piperidine rings is 1. The molecule has 7 heteroatoms. The van der Waals surface area contributed by atoms with E-state index in [2.05, 4.69) is 6.92 Å². The van der Waals surface area contributed by atoms with Crippen molar-refractivity contribution >= 4 is 27.5 Å². The number of carbonyl (C=O) groups excluding carboxylic acids is 1. The SMILES string of the molecule is CCC1CCCCN1C(=O)Cn1c(=O)n(-c2cccc(C)c2C)c(=O)c2sccc21. The van der Waals surface area contributed by atoms with Gasteiger partial charge in [-0.3, -0.25) is 14.2 Å². The molecule has 6 nitrogen and oxygen atoms in total. The van der Waals surface area contributed by atoms with Crippen LogP contribution in [0.15, 0.2) is 39.2 Å². The van der Waals surface area contributed by atoms with Crippen LogP contribution in [0.3, 0.4) is 0 Å². The largest absolute Gasteiger partial charge is 0.338 e. The Bertz CT molecular complexity index is 1220. The zero-order valence-electron chi connectivity index (χ0n) is 17.7. The highest BCUT2D eigenvalue weighted by molar-refractivity contribution is 7.17. The standard InChI is InChI=1S/C23H27N3O3S/c1-4-17-9-5-6-12-24(17)20(27)14-25-19-11-13-30-21(19)22(28)26(23(25)29)18-10-7-8-15(2)16(18)3/h7-8,10-11,13,17H,4-6,9,12,14H2,1-3H3. The van der Waals surface area contributed by atoms with Gasteiger partial charge in [0.1, 0.15) is 11.2 Å². The van der Waals surface area contributed by atoms with Gasteiger partial charge >= 0.3 is 5.69 Å². The van der Waals surface area contributed by atoms with Crippen LogP contribution in [0.2, 0.25) is 0 Å². The number of thiophene rings is 1. The Labute approximate surface area is 179 Å². The van der Waals surface area contributed by atoms with Crippen molar-refractivity contribution in [2.75, 3.05) is 6.54 Å². The van der Waals surface area contributed by atoms with Crippen LogP contribution in [0.1, 0.15) is 43.7 Å². The Morgan fingerprint density at radius 2 is 1.97 bits per heavy atom. The molecule has 1 aromatic carbocycles. The van der Waals surface area contributed by atoms with Gasteiger partial charge in [-0.25, -0.2) is 9.36 Å². The molecule has 3 heterocycles. The van der Waals surface area contributed by atoms with E-state index >= 15 is 0 Å². The number of rotatable bonds is 4. The number of fused-ring (bicyclic) bond motifs is 1.